The van der Waals surface area contributed by atoms with Gasteiger partial charge in [-0.25, -0.2) is 0 Å². The van der Waals surface area contributed by atoms with E-state index in [0.717, 1.165) is 22.7 Å². The largest absolute Gasteiger partial charge is 0.310 e. The summed E-state index contributed by atoms with van der Waals surface area (Å²) in [6.07, 6.45) is 0. The van der Waals surface area contributed by atoms with Gasteiger partial charge >= 0.3 is 0 Å². The summed E-state index contributed by atoms with van der Waals surface area (Å²) in [7, 11) is 0. The Bertz CT molecular complexity index is 2750. The molecule has 2 heteroatoms. The average molecular weight is 679 g/mol. The van der Waals surface area contributed by atoms with E-state index in [2.05, 4.69) is 217 Å². The van der Waals surface area contributed by atoms with Crippen LogP contribution in [0.25, 0.3) is 60.9 Å². The highest BCUT2D eigenvalue weighted by atomic mass is 15.1. The predicted molar refractivity (Wildman–Crippen MR) is 224 cm³/mol. The maximum absolute atomic E-state index is 2.44. The standard InChI is InChI=1S/C51H38N2/c1-51(2)45-25-10-6-23-44(45)50-43(24-15-26-46(50)51)42-22-9-11-27-47(42)52(37-32-30-36(31-33-37)35-16-4-3-5-17-35)38-18-14-19-39(34-38)53-48-28-12-7-20-40(48)41-21-8-13-29-49(41)53/h3-34H,1-2H3. The SMILES string of the molecule is CC1(C)c2ccccc2-c2c(-c3ccccc3N(c3ccc(-c4ccccc4)cc3)c3cccc(-n4c5ccccc5c5ccccc54)c3)cccc21. The molecule has 252 valence electrons. The zero-order chi connectivity index (χ0) is 35.5. The highest BCUT2D eigenvalue weighted by Gasteiger charge is 2.37. The molecule has 0 amide bonds. The van der Waals surface area contributed by atoms with Gasteiger partial charge < -0.3 is 9.47 Å². The van der Waals surface area contributed by atoms with Crippen LogP contribution in [0.3, 0.4) is 0 Å². The Morgan fingerprint density at radius 2 is 0.981 bits per heavy atom. The monoisotopic (exact) mass is 678 g/mol. The van der Waals surface area contributed by atoms with E-state index < -0.39 is 0 Å². The minimum absolute atomic E-state index is 0.0829. The summed E-state index contributed by atoms with van der Waals surface area (Å²) >= 11 is 0. The molecule has 1 aliphatic rings. The molecule has 0 radical (unpaired) electrons. The number of anilines is 3. The van der Waals surface area contributed by atoms with Crippen LogP contribution in [0.1, 0.15) is 25.0 Å². The van der Waals surface area contributed by atoms with Crippen molar-refractivity contribution in [1.82, 2.24) is 4.57 Å². The third-order valence-electron chi connectivity index (χ3n) is 11.2. The lowest BCUT2D eigenvalue weighted by molar-refractivity contribution is 0.660. The van der Waals surface area contributed by atoms with Crippen molar-refractivity contribution in [2.24, 2.45) is 0 Å². The summed E-state index contributed by atoms with van der Waals surface area (Å²) < 4.78 is 2.40. The van der Waals surface area contributed by atoms with Crippen molar-refractivity contribution in [2.75, 3.05) is 4.90 Å². The lowest BCUT2D eigenvalue weighted by atomic mass is 9.82. The van der Waals surface area contributed by atoms with Crippen LogP contribution in [0, 0.1) is 0 Å². The highest BCUT2D eigenvalue weighted by Crippen LogP contribution is 2.53. The van der Waals surface area contributed by atoms with E-state index >= 15 is 0 Å². The Morgan fingerprint density at radius 3 is 1.74 bits per heavy atom. The van der Waals surface area contributed by atoms with E-state index in [0.29, 0.717) is 0 Å². The molecular formula is C51H38N2. The van der Waals surface area contributed by atoms with Crippen molar-refractivity contribution >= 4 is 38.9 Å². The molecule has 0 bridgehead atoms. The lowest BCUT2D eigenvalue weighted by Crippen LogP contribution is -2.15. The minimum atomic E-state index is -0.0829. The Hall–Kier alpha value is -6.64. The van der Waals surface area contributed by atoms with Gasteiger partial charge in [0.15, 0.2) is 0 Å². The number of para-hydroxylation sites is 3. The van der Waals surface area contributed by atoms with Gasteiger partial charge in [-0.15, -0.1) is 0 Å². The maximum atomic E-state index is 2.44. The molecule has 8 aromatic carbocycles. The van der Waals surface area contributed by atoms with Crippen LogP contribution in [0.4, 0.5) is 17.1 Å². The van der Waals surface area contributed by atoms with Gasteiger partial charge in [-0.1, -0.05) is 159 Å². The summed E-state index contributed by atoms with van der Waals surface area (Å²) in [5.41, 5.74) is 17.0. The minimum Gasteiger partial charge on any atom is -0.310 e. The molecule has 1 aliphatic carbocycles. The second-order valence-corrected chi connectivity index (χ2v) is 14.6. The Balaban J connectivity index is 1.20. The first-order valence-electron chi connectivity index (χ1n) is 18.4. The quantitative estimate of drug-likeness (QED) is 0.170. The molecule has 0 saturated heterocycles. The van der Waals surface area contributed by atoms with E-state index in [-0.39, 0.29) is 5.41 Å². The summed E-state index contributed by atoms with van der Waals surface area (Å²) in [5.74, 6) is 0. The van der Waals surface area contributed by atoms with Gasteiger partial charge in [-0.3, -0.25) is 0 Å². The molecule has 0 saturated carbocycles. The van der Waals surface area contributed by atoms with Crippen molar-refractivity contribution in [3.63, 3.8) is 0 Å². The van der Waals surface area contributed by atoms with Crippen LogP contribution in [0.2, 0.25) is 0 Å². The zero-order valence-electron chi connectivity index (χ0n) is 29.9. The van der Waals surface area contributed by atoms with Crippen LogP contribution in [0.5, 0.6) is 0 Å². The first-order chi connectivity index (χ1) is 26.1. The van der Waals surface area contributed by atoms with E-state index in [4.69, 9.17) is 0 Å². The fraction of sp³-hybridized carbons (Fsp3) is 0.0588. The number of nitrogens with zero attached hydrogens (tertiary/aromatic N) is 2. The summed E-state index contributed by atoms with van der Waals surface area (Å²) in [5, 5.41) is 2.52. The molecule has 0 atom stereocenters. The molecule has 2 nitrogen and oxygen atoms in total. The molecule has 0 aliphatic heterocycles. The molecule has 0 N–H and O–H groups in total. The predicted octanol–water partition coefficient (Wildman–Crippen LogP) is 13.9. The smallest absolute Gasteiger partial charge is 0.0541 e. The van der Waals surface area contributed by atoms with E-state index in [1.165, 1.54) is 66.3 Å². The number of rotatable bonds is 6. The van der Waals surface area contributed by atoms with E-state index in [1.807, 2.05) is 0 Å². The molecule has 53 heavy (non-hydrogen) atoms. The Kier molecular flexibility index (Phi) is 7.19. The van der Waals surface area contributed by atoms with Gasteiger partial charge in [0.05, 0.1) is 16.7 Å². The highest BCUT2D eigenvalue weighted by molar-refractivity contribution is 6.09. The van der Waals surface area contributed by atoms with Crippen LogP contribution in [0.15, 0.2) is 194 Å². The molecule has 0 unspecified atom stereocenters. The zero-order valence-corrected chi connectivity index (χ0v) is 29.9. The maximum Gasteiger partial charge on any atom is 0.0541 e. The summed E-state index contributed by atoms with van der Waals surface area (Å²) in [4.78, 5) is 2.44. The Labute approximate surface area is 310 Å². The molecular weight excluding hydrogens is 641 g/mol. The lowest BCUT2D eigenvalue weighted by Gasteiger charge is -2.29. The fourth-order valence-corrected chi connectivity index (χ4v) is 8.71. The molecule has 10 rings (SSSR count). The van der Waals surface area contributed by atoms with Gasteiger partial charge in [0.25, 0.3) is 0 Å². The second kappa shape index (κ2) is 12.3. The van der Waals surface area contributed by atoms with Crippen molar-refractivity contribution in [1.29, 1.82) is 0 Å². The first kappa shape index (κ1) is 31.1. The summed E-state index contributed by atoms with van der Waals surface area (Å²) in [6, 6.07) is 70.8. The van der Waals surface area contributed by atoms with Crippen molar-refractivity contribution < 1.29 is 0 Å². The second-order valence-electron chi connectivity index (χ2n) is 14.6. The molecule has 0 spiro atoms. The van der Waals surface area contributed by atoms with Gasteiger partial charge in [-0.2, -0.15) is 0 Å². The molecule has 9 aromatic rings. The third kappa shape index (κ3) is 4.94. The Morgan fingerprint density at radius 1 is 0.415 bits per heavy atom. The van der Waals surface area contributed by atoms with Crippen LogP contribution < -0.4 is 4.90 Å². The number of hydrogen-bond donors (Lipinski definition) is 0. The first-order valence-corrected chi connectivity index (χ1v) is 18.4. The van der Waals surface area contributed by atoms with Crippen LogP contribution >= 0.6 is 0 Å². The normalized spacial score (nSPS) is 12.9. The van der Waals surface area contributed by atoms with Gasteiger partial charge in [0.2, 0.25) is 0 Å². The van der Waals surface area contributed by atoms with Crippen LogP contribution in [-0.4, -0.2) is 4.57 Å². The number of hydrogen-bond acceptors (Lipinski definition) is 1. The van der Waals surface area contributed by atoms with E-state index in [9.17, 15) is 0 Å². The van der Waals surface area contributed by atoms with Crippen molar-refractivity contribution in [3.05, 3.63) is 205 Å². The average Bonchev–Trinajstić information content (AvgIpc) is 3.68. The number of benzene rings is 8. The van der Waals surface area contributed by atoms with Crippen LogP contribution in [-0.2, 0) is 5.41 Å². The topological polar surface area (TPSA) is 8.17 Å². The van der Waals surface area contributed by atoms with Crippen molar-refractivity contribution in [3.8, 4) is 39.1 Å². The summed E-state index contributed by atoms with van der Waals surface area (Å²) in [6.45, 7) is 4.71. The molecule has 0 fully saturated rings. The number of aromatic nitrogens is 1. The van der Waals surface area contributed by atoms with E-state index in [1.54, 1.807) is 0 Å². The molecule has 1 aromatic heterocycles. The van der Waals surface area contributed by atoms with Crippen molar-refractivity contribution in [2.45, 2.75) is 19.3 Å². The fourth-order valence-electron chi connectivity index (χ4n) is 8.71. The van der Waals surface area contributed by atoms with Gasteiger partial charge in [-0.05, 0) is 87.5 Å². The number of fused-ring (bicyclic) bond motifs is 6. The van der Waals surface area contributed by atoms with Gasteiger partial charge in [0.1, 0.15) is 0 Å². The van der Waals surface area contributed by atoms with Gasteiger partial charge in [0, 0.05) is 38.8 Å². The molecule has 1 heterocycles. The third-order valence-corrected chi connectivity index (χ3v) is 11.2.